The molecule has 7 nitrogen and oxygen atoms in total. The van der Waals surface area contributed by atoms with Crippen LogP contribution < -0.4 is 5.73 Å². The number of rotatable bonds is 8. The highest BCUT2D eigenvalue weighted by Gasteiger charge is 2.18. The third-order valence-electron chi connectivity index (χ3n) is 2.91. The first kappa shape index (κ1) is 17.1. The zero-order chi connectivity index (χ0) is 16.0. The lowest BCUT2D eigenvalue weighted by molar-refractivity contribution is -0.137. The van der Waals surface area contributed by atoms with Gasteiger partial charge >= 0.3 is 5.97 Å². The molecule has 0 radical (unpaired) electrons. The molecule has 0 unspecified atom stereocenters. The fraction of sp³-hybridized carbons (Fsp3) is 0.385. The van der Waals surface area contributed by atoms with Crippen molar-refractivity contribution in [1.82, 2.24) is 4.31 Å². The van der Waals surface area contributed by atoms with Gasteiger partial charge in [-0.15, -0.1) is 0 Å². The van der Waals surface area contributed by atoms with Crippen molar-refractivity contribution in [2.75, 3.05) is 12.8 Å². The van der Waals surface area contributed by atoms with Crippen LogP contribution in [0, 0.1) is 0 Å². The number of carboxylic acid groups (broad SMARTS) is 1. The lowest BCUT2D eigenvalue weighted by atomic mass is 10.1. The summed E-state index contributed by atoms with van der Waals surface area (Å²) in [6.07, 6.45) is -0.108. The number of hydrogen-bond donors (Lipinski definition) is 2. The number of nitrogens with two attached hydrogens (primary N) is 1. The molecule has 21 heavy (non-hydrogen) atoms. The normalized spacial score (nSPS) is 11.5. The van der Waals surface area contributed by atoms with Gasteiger partial charge in [-0.05, 0) is 24.1 Å². The number of aliphatic carboxylic acids is 1. The van der Waals surface area contributed by atoms with E-state index in [1.54, 1.807) is 12.1 Å². The van der Waals surface area contributed by atoms with E-state index in [1.807, 2.05) is 0 Å². The summed E-state index contributed by atoms with van der Waals surface area (Å²) in [5.74, 6) is -1.78. The molecule has 0 atom stereocenters. The third kappa shape index (κ3) is 5.52. The van der Waals surface area contributed by atoms with Crippen molar-refractivity contribution in [3.63, 3.8) is 0 Å². The van der Waals surface area contributed by atoms with Gasteiger partial charge < -0.3 is 10.8 Å². The van der Waals surface area contributed by atoms with Gasteiger partial charge in [0.05, 0.1) is 5.75 Å². The zero-order valence-corrected chi connectivity index (χ0v) is 12.5. The molecule has 8 heteroatoms. The number of amides is 1. The average molecular weight is 314 g/mol. The number of benzene rings is 1. The summed E-state index contributed by atoms with van der Waals surface area (Å²) < 4.78 is 25.1. The van der Waals surface area contributed by atoms with Gasteiger partial charge in [-0.2, -0.15) is 0 Å². The van der Waals surface area contributed by atoms with E-state index >= 15 is 0 Å². The van der Waals surface area contributed by atoms with Crippen molar-refractivity contribution >= 4 is 21.9 Å². The minimum atomic E-state index is -3.50. The van der Waals surface area contributed by atoms with Crippen LogP contribution in [0.2, 0.25) is 0 Å². The highest BCUT2D eigenvalue weighted by molar-refractivity contribution is 7.89. The summed E-state index contributed by atoms with van der Waals surface area (Å²) >= 11 is 0. The SMILES string of the molecule is CN(Cc1ccc(C(N)=O)cc1)S(=O)(=O)CCCC(=O)O. The van der Waals surface area contributed by atoms with Gasteiger partial charge in [0.2, 0.25) is 15.9 Å². The zero-order valence-electron chi connectivity index (χ0n) is 11.7. The van der Waals surface area contributed by atoms with Crippen LogP contribution >= 0.6 is 0 Å². The van der Waals surface area contributed by atoms with Crippen molar-refractivity contribution in [2.24, 2.45) is 5.73 Å². The first-order valence-corrected chi connectivity index (χ1v) is 7.88. The van der Waals surface area contributed by atoms with Crippen molar-refractivity contribution in [2.45, 2.75) is 19.4 Å². The molecule has 0 saturated carbocycles. The van der Waals surface area contributed by atoms with Crippen molar-refractivity contribution in [1.29, 1.82) is 0 Å². The van der Waals surface area contributed by atoms with E-state index in [0.717, 1.165) is 4.31 Å². The molecule has 0 aliphatic carbocycles. The Labute approximate surface area is 123 Å². The predicted octanol–water partition coefficient (Wildman–Crippen LogP) is 0.412. The fourth-order valence-electron chi connectivity index (χ4n) is 1.69. The molecular formula is C13H18N2O5S. The lowest BCUT2D eigenvalue weighted by Gasteiger charge is -2.17. The Morgan fingerprint density at radius 3 is 2.29 bits per heavy atom. The molecule has 0 heterocycles. The Kier molecular flexibility index (Phi) is 5.86. The summed E-state index contributed by atoms with van der Waals surface area (Å²) in [6, 6.07) is 6.32. The topological polar surface area (TPSA) is 118 Å². The lowest BCUT2D eigenvalue weighted by Crippen LogP contribution is -2.29. The van der Waals surface area contributed by atoms with Crippen LogP contribution in [-0.4, -0.2) is 42.5 Å². The maximum absolute atomic E-state index is 12.0. The number of carboxylic acids is 1. The molecule has 3 N–H and O–H groups in total. The van der Waals surface area contributed by atoms with Crippen molar-refractivity contribution in [3.8, 4) is 0 Å². The van der Waals surface area contributed by atoms with Gasteiger partial charge in [0.1, 0.15) is 0 Å². The summed E-state index contributed by atoms with van der Waals surface area (Å²) in [5.41, 5.74) is 6.19. The van der Waals surface area contributed by atoms with Gasteiger partial charge in [-0.3, -0.25) is 9.59 Å². The predicted molar refractivity (Wildman–Crippen MR) is 77.1 cm³/mol. The molecule has 0 fully saturated rings. The van der Waals surface area contributed by atoms with Gasteiger partial charge in [0, 0.05) is 25.6 Å². The van der Waals surface area contributed by atoms with E-state index in [9.17, 15) is 18.0 Å². The van der Waals surface area contributed by atoms with Crippen LogP contribution in [0.4, 0.5) is 0 Å². The second kappa shape index (κ2) is 7.19. The average Bonchev–Trinajstić information content (AvgIpc) is 2.38. The molecule has 0 saturated heterocycles. The molecule has 0 bridgehead atoms. The molecule has 1 aromatic carbocycles. The van der Waals surface area contributed by atoms with Gasteiger partial charge in [0.25, 0.3) is 0 Å². The summed E-state index contributed by atoms with van der Waals surface area (Å²) in [7, 11) is -2.07. The number of hydrogen-bond acceptors (Lipinski definition) is 4. The summed E-state index contributed by atoms with van der Waals surface area (Å²) in [5, 5.41) is 8.51. The Morgan fingerprint density at radius 2 is 1.81 bits per heavy atom. The van der Waals surface area contributed by atoms with Crippen LogP contribution in [0.25, 0.3) is 0 Å². The number of sulfonamides is 1. The van der Waals surface area contributed by atoms with Crippen molar-refractivity contribution < 1.29 is 23.1 Å². The van der Waals surface area contributed by atoms with E-state index in [1.165, 1.54) is 19.2 Å². The first-order valence-electron chi connectivity index (χ1n) is 6.27. The second-order valence-electron chi connectivity index (χ2n) is 4.63. The minimum absolute atomic E-state index is 0.0720. The Morgan fingerprint density at radius 1 is 1.24 bits per heavy atom. The smallest absolute Gasteiger partial charge is 0.303 e. The fourth-order valence-corrected chi connectivity index (χ4v) is 2.86. The molecular weight excluding hydrogens is 296 g/mol. The molecule has 1 rings (SSSR count). The quantitative estimate of drug-likeness (QED) is 0.720. The minimum Gasteiger partial charge on any atom is -0.481 e. The van der Waals surface area contributed by atoms with E-state index < -0.39 is 21.9 Å². The summed E-state index contributed by atoms with van der Waals surface area (Å²) in [6.45, 7) is 0.147. The number of carbonyl (C=O) groups is 2. The highest BCUT2D eigenvalue weighted by atomic mass is 32.2. The standard InChI is InChI=1S/C13H18N2O5S/c1-15(21(19,20)8-2-3-12(16)17)9-10-4-6-11(7-5-10)13(14)18/h4-7H,2-3,8-9H2,1H3,(H2,14,18)(H,16,17). The van der Waals surface area contributed by atoms with Crippen LogP contribution in [0.1, 0.15) is 28.8 Å². The van der Waals surface area contributed by atoms with Crippen LogP contribution in [0.5, 0.6) is 0 Å². The van der Waals surface area contributed by atoms with Gasteiger partial charge in [-0.1, -0.05) is 12.1 Å². The number of nitrogens with zero attached hydrogens (tertiary/aromatic N) is 1. The Hall–Kier alpha value is -1.93. The van der Waals surface area contributed by atoms with Crippen molar-refractivity contribution in [3.05, 3.63) is 35.4 Å². The van der Waals surface area contributed by atoms with Gasteiger partial charge in [-0.25, -0.2) is 12.7 Å². The third-order valence-corrected chi connectivity index (χ3v) is 4.79. The molecule has 0 aromatic heterocycles. The first-order chi connectivity index (χ1) is 9.72. The molecule has 0 spiro atoms. The maximum Gasteiger partial charge on any atom is 0.303 e. The second-order valence-corrected chi connectivity index (χ2v) is 6.83. The highest BCUT2D eigenvalue weighted by Crippen LogP contribution is 2.10. The van der Waals surface area contributed by atoms with E-state index in [0.29, 0.717) is 11.1 Å². The van der Waals surface area contributed by atoms with E-state index in [4.69, 9.17) is 10.8 Å². The number of primary amides is 1. The van der Waals surface area contributed by atoms with E-state index in [-0.39, 0.29) is 25.1 Å². The Balaban J connectivity index is 2.64. The number of carbonyl (C=O) groups excluding carboxylic acids is 1. The molecule has 0 aliphatic heterocycles. The van der Waals surface area contributed by atoms with Crippen LogP contribution in [-0.2, 0) is 21.4 Å². The van der Waals surface area contributed by atoms with Crippen LogP contribution in [0.15, 0.2) is 24.3 Å². The molecule has 1 aromatic rings. The molecule has 116 valence electrons. The van der Waals surface area contributed by atoms with Crippen LogP contribution in [0.3, 0.4) is 0 Å². The largest absolute Gasteiger partial charge is 0.481 e. The molecule has 1 amide bonds. The van der Waals surface area contributed by atoms with E-state index in [2.05, 4.69) is 0 Å². The monoisotopic (exact) mass is 314 g/mol. The molecule has 0 aliphatic rings. The Bertz CT molecular complexity index is 610. The maximum atomic E-state index is 12.0. The summed E-state index contributed by atoms with van der Waals surface area (Å²) in [4.78, 5) is 21.3. The van der Waals surface area contributed by atoms with Gasteiger partial charge in [0.15, 0.2) is 0 Å².